The lowest BCUT2D eigenvalue weighted by Crippen LogP contribution is -2.39. The third-order valence-electron chi connectivity index (χ3n) is 5.25. The van der Waals surface area contributed by atoms with E-state index in [-0.39, 0.29) is 24.5 Å². The minimum absolute atomic E-state index is 0.0571. The molecular weight excluding hydrogens is 369 g/mol. The number of aliphatic hydroxyl groups is 1. The number of aliphatic hydroxyl groups excluding tert-OH is 1. The van der Waals surface area contributed by atoms with Gasteiger partial charge in [-0.25, -0.2) is 9.18 Å². The summed E-state index contributed by atoms with van der Waals surface area (Å²) in [5.74, 6) is -0.222. The van der Waals surface area contributed by atoms with Gasteiger partial charge in [0.05, 0.1) is 6.61 Å². The van der Waals surface area contributed by atoms with Crippen LogP contribution in [0.15, 0.2) is 60.7 Å². The first-order chi connectivity index (χ1) is 14.1. The van der Waals surface area contributed by atoms with E-state index in [1.807, 2.05) is 12.1 Å². The molecule has 1 atom stereocenters. The molecule has 4 rings (SSSR count). The third-order valence-corrected chi connectivity index (χ3v) is 5.25. The number of hydrogen-bond acceptors (Lipinski definition) is 3. The Morgan fingerprint density at radius 2 is 1.90 bits per heavy atom. The molecule has 0 aromatic heterocycles. The van der Waals surface area contributed by atoms with Crippen molar-refractivity contribution in [3.63, 3.8) is 0 Å². The number of benzene rings is 3. The molecule has 0 saturated carbocycles. The van der Waals surface area contributed by atoms with E-state index in [1.54, 1.807) is 36.4 Å². The van der Waals surface area contributed by atoms with Crippen molar-refractivity contribution in [1.29, 1.82) is 0 Å². The van der Waals surface area contributed by atoms with E-state index in [0.717, 1.165) is 42.4 Å². The van der Waals surface area contributed by atoms with E-state index >= 15 is 0 Å². The molecule has 1 heterocycles. The zero-order valence-electron chi connectivity index (χ0n) is 16.1. The van der Waals surface area contributed by atoms with Gasteiger partial charge >= 0.3 is 6.03 Å². The van der Waals surface area contributed by atoms with Crippen LogP contribution in [0, 0.1) is 5.82 Å². The Morgan fingerprint density at radius 3 is 2.76 bits per heavy atom. The molecule has 3 aromatic rings. The van der Waals surface area contributed by atoms with Crippen LogP contribution in [0.2, 0.25) is 0 Å². The number of nitrogens with one attached hydrogen (secondary N) is 2. The molecule has 5 nitrogen and oxygen atoms in total. The number of anilines is 1. The van der Waals surface area contributed by atoms with Crippen molar-refractivity contribution < 1.29 is 14.3 Å². The van der Waals surface area contributed by atoms with Crippen molar-refractivity contribution >= 4 is 22.5 Å². The van der Waals surface area contributed by atoms with Crippen molar-refractivity contribution in [3.05, 3.63) is 77.6 Å². The highest BCUT2D eigenvalue weighted by atomic mass is 19.1. The Labute approximate surface area is 169 Å². The Balaban J connectivity index is 1.30. The van der Waals surface area contributed by atoms with E-state index in [2.05, 4.69) is 21.6 Å². The maximum Gasteiger partial charge on any atom is 0.319 e. The molecule has 0 bridgehead atoms. The number of halogens is 1. The van der Waals surface area contributed by atoms with Gasteiger partial charge in [0.25, 0.3) is 0 Å². The summed E-state index contributed by atoms with van der Waals surface area (Å²) in [6.45, 7) is 2.43. The lowest BCUT2D eigenvalue weighted by Gasteiger charge is -2.17. The van der Waals surface area contributed by atoms with E-state index in [0.29, 0.717) is 5.69 Å². The highest BCUT2D eigenvalue weighted by Crippen LogP contribution is 2.20. The van der Waals surface area contributed by atoms with Gasteiger partial charge in [0.2, 0.25) is 0 Å². The lowest BCUT2D eigenvalue weighted by molar-refractivity contribution is 0.247. The van der Waals surface area contributed by atoms with Gasteiger partial charge in [0, 0.05) is 31.4 Å². The van der Waals surface area contributed by atoms with Gasteiger partial charge < -0.3 is 15.7 Å². The van der Waals surface area contributed by atoms with E-state index < -0.39 is 0 Å². The van der Waals surface area contributed by atoms with Crippen LogP contribution in [0.5, 0.6) is 0 Å². The summed E-state index contributed by atoms with van der Waals surface area (Å²) in [7, 11) is 0. The van der Waals surface area contributed by atoms with Crippen LogP contribution < -0.4 is 10.6 Å². The second-order valence-corrected chi connectivity index (χ2v) is 7.50. The molecule has 3 aromatic carbocycles. The first-order valence-corrected chi connectivity index (χ1v) is 9.77. The van der Waals surface area contributed by atoms with Crippen LogP contribution >= 0.6 is 0 Å². The Bertz CT molecular complexity index is 1020. The van der Waals surface area contributed by atoms with E-state index in [1.165, 1.54) is 11.6 Å². The Morgan fingerprint density at radius 1 is 1.07 bits per heavy atom. The molecule has 0 unspecified atom stereocenters. The standard InChI is InChI=1S/C23H24FN3O2/c24-20-7-6-18-10-16(4-5-19(18)12-20)13-27-9-8-22(14-27)26-23(29)25-21-3-1-2-17(11-21)15-28/h1-7,10-12,22,28H,8-9,13-15H2,(H2,25,26,29)/t22-/m1/s1. The summed E-state index contributed by atoms with van der Waals surface area (Å²) in [5, 5.41) is 17.0. The van der Waals surface area contributed by atoms with Crippen LogP contribution in [0.1, 0.15) is 17.5 Å². The minimum atomic E-state index is -0.236. The summed E-state index contributed by atoms with van der Waals surface area (Å²) in [5.41, 5.74) is 2.60. The first kappa shape index (κ1) is 19.4. The topological polar surface area (TPSA) is 64.6 Å². The third kappa shape index (κ3) is 4.91. The molecule has 1 fully saturated rings. The predicted molar refractivity (Wildman–Crippen MR) is 112 cm³/mol. The quantitative estimate of drug-likeness (QED) is 0.617. The largest absolute Gasteiger partial charge is 0.392 e. The van der Waals surface area contributed by atoms with Gasteiger partial charge in [0.1, 0.15) is 5.82 Å². The summed E-state index contributed by atoms with van der Waals surface area (Å²) in [6.07, 6.45) is 0.892. The SMILES string of the molecule is O=C(Nc1cccc(CO)c1)N[C@@H]1CCN(Cc2ccc3cc(F)ccc3c2)C1. The molecule has 3 N–H and O–H groups in total. The van der Waals surface area contributed by atoms with Gasteiger partial charge in [-0.15, -0.1) is 0 Å². The van der Waals surface area contributed by atoms with Gasteiger partial charge in [0.15, 0.2) is 0 Å². The van der Waals surface area contributed by atoms with Crippen LogP contribution in [-0.4, -0.2) is 35.2 Å². The molecule has 1 aliphatic rings. The molecule has 6 heteroatoms. The molecule has 0 aliphatic carbocycles. The maximum atomic E-state index is 13.3. The normalized spacial score (nSPS) is 16.8. The van der Waals surface area contributed by atoms with Crippen LogP contribution in [-0.2, 0) is 13.2 Å². The van der Waals surface area contributed by atoms with Gasteiger partial charge in [-0.2, -0.15) is 0 Å². The predicted octanol–water partition coefficient (Wildman–Crippen LogP) is 3.87. The smallest absolute Gasteiger partial charge is 0.319 e. The van der Waals surface area contributed by atoms with Gasteiger partial charge in [-0.1, -0.05) is 30.3 Å². The van der Waals surface area contributed by atoms with E-state index in [9.17, 15) is 14.3 Å². The number of hydrogen-bond donors (Lipinski definition) is 3. The first-order valence-electron chi connectivity index (χ1n) is 9.77. The Kier molecular flexibility index (Phi) is 5.74. The second-order valence-electron chi connectivity index (χ2n) is 7.50. The zero-order chi connectivity index (χ0) is 20.2. The fourth-order valence-electron chi connectivity index (χ4n) is 3.82. The van der Waals surface area contributed by atoms with Crippen LogP contribution in [0.4, 0.5) is 14.9 Å². The minimum Gasteiger partial charge on any atom is -0.392 e. The monoisotopic (exact) mass is 393 g/mol. The summed E-state index contributed by atoms with van der Waals surface area (Å²) in [6, 6.07) is 17.9. The summed E-state index contributed by atoms with van der Waals surface area (Å²) < 4.78 is 13.3. The van der Waals surface area contributed by atoms with Crippen molar-refractivity contribution in [2.75, 3.05) is 18.4 Å². The van der Waals surface area contributed by atoms with Crippen molar-refractivity contribution in [2.45, 2.75) is 25.6 Å². The molecule has 2 amide bonds. The molecule has 1 saturated heterocycles. The molecule has 0 radical (unpaired) electrons. The van der Waals surface area contributed by atoms with Crippen LogP contribution in [0.25, 0.3) is 10.8 Å². The van der Waals surface area contributed by atoms with Crippen LogP contribution in [0.3, 0.4) is 0 Å². The molecule has 150 valence electrons. The van der Waals surface area contributed by atoms with Gasteiger partial charge in [-0.3, -0.25) is 4.90 Å². The van der Waals surface area contributed by atoms with E-state index in [4.69, 9.17) is 0 Å². The molecule has 0 spiro atoms. The fraction of sp³-hybridized carbons (Fsp3) is 0.261. The number of urea groups is 1. The number of carbonyl (C=O) groups is 1. The highest BCUT2D eigenvalue weighted by molar-refractivity contribution is 5.89. The summed E-state index contributed by atoms with van der Waals surface area (Å²) in [4.78, 5) is 14.6. The number of rotatable bonds is 5. The second kappa shape index (κ2) is 8.59. The average molecular weight is 393 g/mol. The highest BCUT2D eigenvalue weighted by Gasteiger charge is 2.24. The molecule has 1 aliphatic heterocycles. The molecular formula is C23H24FN3O2. The van der Waals surface area contributed by atoms with Gasteiger partial charge in [-0.05, 0) is 58.7 Å². The van der Waals surface area contributed by atoms with Crippen molar-refractivity contribution in [2.24, 2.45) is 0 Å². The average Bonchev–Trinajstić information content (AvgIpc) is 3.14. The lowest BCUT2D eigenvalue weighted by atomic mass is 10.1. The van der Waals surface area contributed by atoms with Crippen molar-refractivity contribution in [3.8, 4) is 0 Å². The number of amides is 2. The fourth-order valence-corrected chi connectivity index (χ4v) is 3.82. The number of likely N-dealkylation sites (tertiary alicyclic amines) is 1. The Hall–Kier alpha value is -2.96. The van der Waals surface area contributed by atoms with Crippen molar-refractivity contribution in [1.82, 2.24) is 10.2 Å². The zero-order valence-corrected chi connectivity index (χ0v) is 16.1. The number of nitrogens with zero attached hydrogens (tertiary/aromatic N) is 1. The summed E-state index contributed by atoms with van der Waals surface area (Å²) >= 11 is 0. The maximum absolute atomic E-state index is 13.3. The molecule has 29 heavy (non-hydrogen) atoms. The number of carbonyl (C=O) groups excluding carboxylic acids is 1. The number of fused-ring (bicyclic) bond motifs is 1.